The van der Waals surface area contributed by atoms with Gasteiger partial charge in [-0.2, -0.15) is 5.26 Å². The van der Waals surface area contributed by atoms with Crippen molar-refractivity contribution in [3.05, 3.63) is 46.1 Å². The fourth-order valence-electron chi connectivity index (χ4n) is 1.81. The highest BCUT2D eigenvalue weighted by atomic mass is 35.5. The standard InChI is InChI=1S/C15H15ClN4S/c1-9(2)21-15-19-13(12(8-17)14(18)20-15)7-10-3-5-11(16)6-4-10/h3-6,9H,7H2,1-2H3,(H2,18,19,20). The molecular weight excluding hydrogens is 304 g/mol. The first-order valence-electron chi connectivity index (χ1n) is 6.47. The summed E-state index contributed by atoms with van der Waals surface area (Å²) in [5.74, 6) is 0.236. The number of benzene rings is 1. The highest BCUT2D eigenvalue weighted by Gasteiger charge is 2.14. The van der Waals surface area contributed by atoms with Crippen molar-refractivity contribution in [1.82, 2.24) is 9.97 Å². The molecule has 6 heteroatoms. The fourth-order valence-corrected chi connectivity index (χ4v) is 2.67. The third-order valence-electron chi connectivity index (χ3n) is 2.73. The zero-order valence-electron chi connectivity index (χ0n) is 11.8. The van der Waals surface area contributed by atoms with Crippen LogP contribution < -0.4 is 5.73 Å². The van der Waals surface area contributed by atoms with Crippen LogP contribution in [0.25, 0.3) is 0 Å². The van der Waals surface area contributed by atoms with Gasteiger partial charge in [0.25, 0.3) is 0 Å². The molecule has 0 bridgehead atoms. The Morgan fingerprint density at radius 3 is 2.52 bits per heavy atom. The quantitative estimate of drug-likeness (QED) is 0.687. The first-order chi connectivity index (χ1) is 9.99. The average molecular weight is 319 g/mol. The fraction of sp³-hybridized carbons (Fsp3) is 0.267. The molecule has 0 aliphatic rings. The molecule has 1 aromatic carbocycles. The predicted molar refractivity (Wildman–Crippen MR) is 86.4 cm³/mol. The van der Waals surface area contributed by atoms with Crippen molar-refractivity contribution < 1.29 is 0 Å². The van der Waals surface area contributed by atoms with Gasteiger partial charge in [0.05, 0.1) is 5.69 Å². The molecule has 0 saturated heterocycles. The first-order valence-corrected chi connectivity index (χ1v) is 7.73. The molecule has 2 N–H and O–H groups in total. The van der Waals surface area contributed by atoms with E-state index >= 15 is 0 Å². The summed E-state index contributed by atoms with van der Waals surface area (Å²) >= 11 is 7.41. The Morgan fingerprint density at radius 2 is 1.95 bits per heavy atom. The molecule has 0 aliphatic carbocycles. The summed E-state index contributed by atoms with van der Waals surface area (Å²) in [4.78, 5) is 8.67. The summed E-state index contributed by atoms with van der Waals surface area (Å²) in [6.07, 6.45) is 0.526. The lowest BCUT2D eigenvalue weighted by Gasteiger charge is -2.09. The summed E-state index contributed by atoms with van der Waals surface area (Å²) in [7, 11) is 0. The molecule has 21 heavy (non-hydrogen) atoms. The number of thioether (sulfide) groups is 1. The van der Waals surface area contributed by atoms with E-state index in [-0.39, 0.29) is 5.82 Å². The third-order valence-corrected chi connectivity index (χ3v) is 3.85. The summed E-state index contributed by atoms with van der Waals surface area (Å²) in [5.41, 5.74) is 7.89. The third kappa shape index (κ3) is 4.10. The van der Waals surface area contributed by atoms with Crippen LogP contribution in [0, 0.1) is 11.3 Å². The van der Waals surface area contributed by atoms with Gasteiger partial charge < -0.3 is 5.73 Å². The van der Waals surface area contributed by atoms with Gasteiger partial charge in [0, 0.05) is 16.7 Å². The normalized spacial score (nSPS) is 10.6. The van der Waals surface area contributed by atoms with Gasteiger partial charge >= 0.3 is 0 Å². The maximum absolute atomic E-state index is 9.26. The molecule has 4 nitrogen and oxygen atoms in total. The highest BCUT2D eigenvalue weighted by Crippen LogP contribution is 2.24. The van der Waals surface area contributed by atoms with Crippen molar-refractivity contribution in [3.8, 4) is 6.07 Å². The molecule has 0 unspecified atom stereocenters. The second-order valence-corrected chi connectivity index (χ2v) is 6.77. The molecule has 0 aliphatic heterocycles. The lowest BCUT2D eigenvalue weighted by molar-refractivity contribution is 0.896. The molecule has 108 valence electrons. The maximum atomic E-state index is 9.26. The van der Waals surface area contributed by atoms with Crippen LogP contribution >= 0.6 is 23.4 Å². The van der Waals surface area contributed by atoms with Crippen molar-refractivity contribution in [1.29, 1.82) is 5.26 Å². The van der Waals surface area contributed by atoms with Crippen molar-refractivity contribution >= 4 is 29.2 Å². The largest absolute Gasteiger partial charge is 0.382 e. The van der Waals surface area contributed by atoms with Crippen LogP contribution in [0.2, 0.25) is 5.02 Å². The number of anilines is 1. The highest BCUT2D eigenvalue weighted by molar-refractivity contribution is 7.99. The minimum absolute atomic E-state index is 0.236. The Hall–Kier alpha value is -1.77. The number of rotatable bonds is 4. The van der Waals surface area contributed by atoms with Crippen LogP contribution in [0.4, 0.5) is 5.82 Å². The lowest BCUT2D eigenvalue weighted by Crippen LogP contribution is -2.06. The Balaban J connectivity index is 2.38. The Morgan fingerprint density at radius 1 is 1.29 bits per heavy atom. The number of nitrogens with two attached hydrogens (primary N) is 1. The van der Waals surface area contributed by atoms with Gasteiger partial charge in [-0.05, 0) is 17.7 Å². The minimum atomic E-state index is 0.236. The van der Waals surface area contributed by atoms with Gasteiger partial charge in [-0.3, -0.25) is 0 Å². The van der Waals surface area contributed by atoms with E-state index in [0.29, 0.717) is 33.1 Å². The predicted octanol–water partition coefficient (Wildman–Crippen LogP) is 3.68. The zero-order chi connectivity index (χ0) is 15.4. The number of nitriles is 1. The van der Waals surface area contributed by atoms with E-state index in [0.717, 1.165) is 5.56 Å². The average Bonchev–Trinajstić information content (AvgIpc) is 2.40. The van der Waals surface area contributed by atoms with Gasteiger partial charge in [0.15, 0.2) is 5.16 Å². The summed E-state index contributed by atoms with van der Waals surface area (Å²) in [5, 5.41) is 10.9. The first kappa shape index (κ1) is 15.6. The van der Waals surface area contributed by atoms with Crippen molar-refractivity contribution in [2.75, 3.05) is 5.73 Å². The number of hydrogen-bond acceptors (Lipinski definition) is 5. The van der Waals surface area contributed by atoms with E-state index < -0.39 is 0 Å². The van der Waals surface area contributed by atoms with E-state index in [1.165, 1.54) is 11.8 Å². The molecule has 1 heterocycles. The van der Waals surface area contributed by atoms with Crippen LogP contribution in [0.1, 0.15) is 30.7 Å². The molecule has 0 spiro atoms. The molecular formula is C15H15ClN4S. The molecule has 0 radical (unpaired) electrons. The number of nitrogen functional groups attached to an aromatic ring is 1. The molecule has 2 aromatic rings. The monoisotopic (exact) mass is 318 g/mol. The van der Waals surface area contributed by atoms with E-state index in [4.69, 9.17) is 17.3 Å². The van der Waals surface area contributed by atoms with Gasteiger partial charge in [0.1, 0.15) is 17.5 Å². The maximum Gasteiger partial charge on any atom is 0.190 e. The van der Waals surface area contributed by atoms with Crippen molar-refractivity contribution in [2.45, 2.75) is 30.7 Å². The molecule has 0 saturated carbocycles. The molecule has 0 atom stereocenters. The summed E-state index contributed by atoms with van der Waals surface area (Å²) in [6, 6.07) is 9.55. The van der Waals surface area contributed by atoms with Crippen LogP contribution in [0.15, 0.2) is 29.4 Å². The van der Waals surface area contributed by atoms with Crippen LogP contribution in [-0.4, -0.2) is 15.2 Å². The van der Waals surface area contributed by atoms with Crippen LogP contribution in [0.5, 0.6) is 0 Å². The number of nitrogens with zero attached hydrogens (tertiary/aromatic N) is 3. The smallest absolute Gasteiger partial charge is 0.190 e. The van der Waals surface area contributed by atoms with Gasteiger partial charge in [-0.1, -0.05) is 49.3 Å². The van der Waals surface area contributed by atoms with E-state index in [1.54, 1.807) is 0 Å². The van der Waals surface area contributed by atoms with Gasteiger partial charge in [-0.15, -0.1) is 0 Å². The topological polar surface area (TPSA) is 75.6 Å². The summed E-state index contributed by atoms with van der Waals surface area (Å²) < 4.78 is 0. The Bertz CT molecular complexity index is 677. The Labute approximate surface area is 133 Å². The van der Waals surface area contributed by atoms with E-state index in [2.05, 4.69) is 29.9 Å². The van der Waals surface area contributed by atoms with E-state index in [1.807, 2.05) is 24.3 Å². The van der Waals surface area contributed by atoms with Crippen molar-refractivity contribution in [2.24, 2.45) is 0 Å². The minimum Gasteiger partial charge on any atom is -0.382 e. The molecule has 0 amide bonds. The lowest BCUT2D eigenvalue weighted by atomic mass is 10.1. The second-order valence-electron chi connectivity index (χ2n) is 4.79. The summed E-state index contributed by atoms with van der Waals surface area (Å²) in [6.45, 7) is 4.11. The van der Waals surface area contributed by atoms with Gasteiger partial charge in [0.2, 0.25) is 0 Å². The van der Waals surface area contributed by atoms with Crippen LogP contribution in [-0.2, 0) is 6.42 Å². The number of hydrogen-bond donors (Lipinski definition) is 1. The van der Waals surface area contributed by atoms with Crippen molar-refractivity contribution in [3.63, 3.8) is 0 Å². The van der Waals surface area contributed by atoms with Gasteiger partial charge in [-0.25, -0.2) is 9.97 Å². The second kappa shape index (κ2) is 6.79. The SMILES string of the molecule is CC(C)Sc1nc(N)c(C#N)c(Cc2ccc(Cl)cc2)n1. The Kier molecular flexibility index (Phi) is 5.05. The molecule has 0 fully saturated rings. The molecule has 2 rings (SSSR count). The van der Waals surface area contributed by atoms with E-state index in [9.17, 15) is 5.26 Å². The molecule has 1 aromatic heterocycles. The van der Waals surface area contributed by atoms with Crippen LogP contribution in [0.3, 0.4) is 0 Å². The number of aromatic nitrogens is 2. The number of halogens is 1. The zero-order valence-corrected chi connectivity index (χ0v) is 13.4.